The Morgan fingerprint density at radius 3 is 1.05 bits per heavy atom. The molecule has 4 aromatic rings. The minimum absolute atomic E-state index is 0. The van der Waals surface area contributed by atoms with Crippen molar-refractivity contribution in [3.63, 3.8) is 0 Å². The molecule has 4 fully saturated rings. The second kappa shape index (κ2) is 19.9. The molecule has 18 nitrogen and oxygen atoms in total. The number of hydrogen-bond acceptors (Lipinski definition) is 12. The van der Waals surface area contributed by atoms with Gasteiger partial charge in [-0.3, -0.25) is 28.9 Å². The van der Waals surface area contributed by atoms with E-state index in [0.717, 1.165) is 140 Å². The van der Waals surface area contributed by atoms with E-state index in [1.807, 2.05) is 13.8 Å². The number of rotatable bonds is 8. The maximum Gasteiger partial charge on any atom is 2.00 e. The van der Waals surface area contributed by atoms with Gasteiger partial charge in [-0.1, -0.05) is 77.0 Å². The summed E-state index contributed by atoms with van der Waals surface area (Å²) in [4.78, 5) is 52.8. The van der Waals surface area contributed by atoms with Crippen LogP contribution in [0.3, 0.4) is 0 Å². The average molecular weight is 858 g/mol. The first-order valence-corrected chi connectivity index (χ1v) is 21.2. The summed E-state index contributed by atoms with van der Waals surface area (Å²) in [6, 6.07) is 2.62. The number of nitrogens with zero attached hydrogens (tertiary/aromatic N) is 10. The molecule has 4 aromatic heterocycles. The molecular weight excluding hydrogens is 803 g/mol. The first kappa shape index (κ1) is 43.6. The fourth-order valence-electron chi connectivity index (χ4n) is 9.15. The predicted octanol–water partition coefficient (Wildman–Crippen LogP) is 7.08. The van der Waals surface area contributed by atoms with Crippen molar-refractivity contribution >= 4 is 23.0 Å². The molecule has 59 heavy (non-hydrogen) atoms. The van der Waals surface area contributed by atoms with Crippen LogP contribution in [0.1, 0.15) is 164 Å². The summed E-state index contributed by atoms with van der Waals surface area (Å²) in [5.41, 5.74) is -1.20. The molecule has 0 saturated heterocycles. The summed E-state index contributed by atoms with van der Waals surface area (Å²) < 4.78 is 5.11. The minimum Gasteiger partial charge on any atom is -0.858 e. The number of azo groups is 2. The Hall–Kier alpha value is -4.93. The Morgan fingerprint density at radius 1 is 0.492 bits per heavy atom. The van der Waals surface area contributed by atoms with Crippen LogP contribution in [-0.2, 0) is 16.5 Å². The number of hydrogen-bond donors (Lipinski definition) is 2. The van der Waals surface area contributed by atoms with Crippen molar-refractivity contribution in [1.29, 1.82) is 0 Å². The van der Waals surface area contributed by atoms with Crippen LogP contribution in [0.5, 0.6) is 11.8 Å². The van der Waals surface area contributed by atoms with Crippen LogP contribution in [0.4, 0.5) is 23.0 Å². The van der Waals surface area contributed by atoms with E-state index in [-0.39, 0.29) is 52.0 Å². The molecule has 8 rings (SSSR count). The summed E-state index contributed by atoms with van der Waals surface area (Å²) in [6.07, 6.45) is 18.4. The number of H-pyrrole nitrogens is 2. The molecular formula is C40H54N12NiO6. The van der Waals surface area contributed by atoms with Crippen molar-refractivity contribution in [2.45, 2.75) is 166 Å². The fraction of sp³-hybridized carbons (Fsp3) is 0.650. The second-order valence-electron chi connectivity index (χ2n) is 16.3. The van der Waals surface area contributed by atoms with E-state index in [9.17, 15) is 29.4 Å². The average Bonchev–Trinajstić information content (AvgIpc) is 3.86. The van der Waals surface area contributed by atoms with Gasteiger partial charge in [-0.2, -0.15) is 10.2 Å². The third-order valence-electron chi connectivity index (χ3n) is 12.2. The number of aryl methyl sites for hydroxylation is 2. The molecule has 4 aliphatic rings. The van der Waals surface area contributed by atoms with Gasteiger partial charge < -0.3 is 19.3 Å². The molecule has 0 atom stereocenters. The van der Waals surface area contributed by atoms with Crippen molar-refractivity contribution < 1.29 is 26.7 Å². The van der Waals surface area contributed by atoms with E-state index in [1.54, 1.807) is 12.1 Å². The van der Waals surface area contributed by atoms with Gasteiger partial charge in [0.1, 0.15) is 0 Å². The molecule has 0 spiro atoms. The quantitative estimate of drug-likeness (QED) is 0.137. The molecule has 4 aliphatic carbocycles. The van der Waals surface area contributed by atoms with Crippen LogP contribution >= 0.6 is 0 Å². The maximum atomic E-state index is 13.3. The SMILES string of the molecule is Cc1cc(N=Nc2c([O-])n(C3CCCCC3)c(=O)n(C3CCCCC3)c2=O)n[nH]1.Cc1cc(N=Nc2c([O-])n(C3CCCCC3)c(=O)n(C3CCCCC3)c2=O)n[nH]1.[Ni+2]. The monoisotopic (exact) mass is 856 g/mol. The van der Waals surface area contributed by atoms with Gasteiger partial charge in [0.25, 0.3) is 11.1 Å². The Kier molecular flexibility index (Phi) is 14.7. The van der Waals surface area contributed by atoms with Crippen LogP contribution in [0.2, 0.25) is 0 Å². The Bertz CT molecular complexity index is 2180. The summed E-state index contributed by atoms with van der Waals surface area (Å²) in [5.74, 6) is -0.674. The van der Waals surface area contributed by atoms with Crippen LogP contribution in [0.25, 0.3) is 0 Å². The number of aromatic nitrogens is 8. The van der Waals surface area contributed by atoms with Gasteiger partial charge in [0, 0.05) is 59.4 Å². The summed E-state index contributed by atoms with van der Waals surface area (Å²) in [7, 11) is 0. The van der Waals surface area contributed by atoms with Crippen molar-refractivity contribution in [3.8, 4) is 11.8 Å². The predicted molar refractivity (Wildman–Crippen MR) is 212 cm³/mol. The van der Waals surface area contributed by atoms with Crippen LogP contribution in [0.15, 0.2) is 51.8 Å². The molecule has 4 heterocycles. The Morgan fingerprint density at radius 2 is 0.780 bits per heavy atom. The van der Waals surface area contributed by atoms with Crippen molar-refractivity contribution in [3.05, 3.63) is 65.2 Å². The van der Waals surface area contributed by atoms with Gasteiger partial charge in [0.05, 0.1) is 0 Å². The van der Waals surface area contributed by atoms with Crippen LogP contribution < -0.4 is 32.7 Å². The summed E-state index contributed by atoms with van der Waals surface area (Å²) >= 11 is 0. The smallest absolute Gasteiger partial charge is 0.858 e. The second-order valence-corrected chi connectivity index (χ2v) is 16.3. The van der Waals surface area contributed by atoms with Crippen LogP contribution in [-0.4, -0.2) is 38.7 Å². The third-order valence-corrected chi connectivity index (χ3v) is 12.2. The van der Waals surface area contributed by atoms with E-state index in [0.29, 0.717) is 11.6 Å². The number of nitrogens with one attached hydrogen (secondary N) is 2. The van der Waals surface area contributed by atoms with E-state index >= 15 is 0 Å². The van der Waals surface area contributed by atoms with E-state index < -0.39 is 34.3 Å². The van der Waals surface area contributed by atoms with Crippen LogP contribution in [0, 0.1) is 13.8 Å². The Labute approximate surface area is 351 Å². The van der Waals surface area contributed by atoms with Gasteiger partial charge in [-0.25, -0.2) is 9.59 Å². The zero-order valence-corrected chi connectivity index (χ0v) is 34.8. The third kappa shape index (κ3) is 9.76. The molecule has 320 valence electrons. The van der Waals surface area contributed by atoms with Crippen molar-refractivity contribution in [2.75, 3.05) is 0 Å². The molecule has 0 bridgehead atoms. The van der Waals surface area contributed by atoms with E-state index in [4.69, 9.17) is 0 Å². The van der Waals surface area contributed by atoms with E-state index in [1.165, 1.54) is 18.3 Å². The molecule has 19 heteroatoms. The van der Waals surface area contributed by atoms with Crippen molar-refractivity contribution in [2.24, 2.45) is 20.5 Å². The standard InChI is InChI=1S/2C20H28N6O3.Ni/c2*1-13-12-16(22-21-13)23-24-17-18(27)25(14-8-4-2-5-9-14)20(29)26(19(17)28)15-10-6-3-7-11-15;/h2*12,14-15,27H,2-11H2,1H3,(H,21,22);/q;;+2/p-2. The topological polar surface area (TPSA) is 241 Å². The largest absolute Gasteiger partial charge is 2.00 e. The summed E-state index contributed by atoms with van der Waals surface area (Å²) in [5, 5.41) is 55.6. The van der Waals surface area contributed by atoms with Crippen molar-refractivity contribution in [1.82, 2.24) is 38.7 Å². The maximum absolute atomic E-state index is 13.3. The summed E-state index contributed by atoms with van der Waals surface area (Å²) in [6.45, 7) is 3.65. The van der Waals surface area contributed by atoms with Gasteiger partial charge >= 0.3 is 27.9 Å². The molecule has 0 radical (unpaired) electrons. The molecule has 2 N–H and O–H groups in total. The molecule has 0 aromatic carbocycles. The Balaban J connectivity index is 0.000000195. The van der Waals surface area contributed by atoms with Gasteiger partial charge in [0.15, 0.2) is 23.0 Å². The molecule has 0 aliphatic heterocycles. The molecule has 4 saturated carbocycles. The first-order valence-electron chi connectivity index (χ1n) is 21.2. The minimum atomic E-state index is -0.630. The first-order chi connectivity index (χ1) is 28.1. The van der Waals surface area contributed by atoms with Gasteiger partial charge in [-0.05, 0) is 65.2 Å². The molecule has 0 amide bonds. The fourth-order valence-corrected chi connectivity index (χ4v) is 9.15. The zero-order chi connectivity index (χ0) is 40.8. The zero-order valence-electron chi connectivity index (χ0n) is 33.8. The van der Waals surface area contributed by atoms with Gasteiger partial charge in [-0.15, -0.1) is 20.5 Å². The molecule has 0 unspecified atom stereocenters. The number of aromatic amines is 2. The van der Waals surface area contributed by atoms with Gasteiger partial charge in [0.2, 0.25) is 0 Å². The van der Waals surface area contributed by atoms with E-state index in [2.05, 4.69) is 40.9 Å². The normalized spacial score (nSPS) is 18.9.